The van der Waals surface area contributed by atoms with Gasteiger partial charge in [-0.25, -0.2) is 9.78 Å². The molecule has 0 aliphatic heterocycles. The number of carboxylic acids is 1. The van der Waals surface area contributed by atoms with Crippen LogP contribution in [0, 0.1) is 13.8 Å². The molecule has 0 saturated heterocycles. The molecule has 7 nitrogen and oxygen atoms in total. The van der Waals surface area contributed by atoms with E-state index < -0.39 is 11.9 Å². The Labute approximate surface area is 127 Å². The Morgan fingerprint density at radius 1 is 1.32 bits per heavy atom. The quantitative estimate of drug-likeness (QED) is 0.877. The second-order valence-corrected chi connectivity index (χ2v) is 4.89. The predicted octanol–water partition coefficient (Wildman–Crippen LogP) is 2.27. The molecule has 116 valence electrons. The lowest BCUT2D eigenvalue weighted by Gasteiger charge is -2.16. The maximum Gasteiger partial charge on any atom is 0.354 e. The van der Waals surface area contributed by atoms with E-state index in [0.717, 1.165) is 11.3 Å². The van der Waals surface area contributed by atoms with E-state index in [9.17, 15) is 9.59 Å². The summed E-state index contributed by atoms with van der Waals surface area (Å²) in [5, 5.41) is 15.6. The number of nitrogens with one attached hydrogen (secondary N) is 1. The predicted molar refractivity (Wildman–Crippen MR) is 77.7 cm³/mol. The van der Waals surface area contributed by atoms with Crippen molar-refractivity contribution in [3.05, 3.63) is 46.6 Å². The molecule has 0 spiro atoms. The smallest absolute Gasteiger partial charge is 0.354 e. The maximum atomic E-state index is 12.3. The minimum absolute atomic E-state index is 0.0603. The molecule has 2 N–H and O–H groups in total. The number of aromatic carboxylic acids is 1. The highest BCUT2D eigenvalue weighted by molar-refractivity contribution is 5.94. The van der Waals surface area contributed by atoms with Gasteiger partial charge in [0, 0.05) is 5.56 Å². The standard InChI is InChI=1S/C15H17N3O4/c1-4-10(13-8(2)18-22-9(13)3)17-14(19)11-6-5-7-12(16-11)15(20)21/h5-7,10H,4H2,1-3H3,(H,17,19)(H,20,21). The van der Waals surface area contributed by atoms with Crippen LogP contribution in [0.15, 0.2) is 22.7 Å². The molecule has 2 aromatic rings. The molecule has 1 atom stereocenters. The Balaban J connectivity index is 2.23. The van der Waals surface area contributed by atoms with Crippen molar-refractivity contribution in [3.8, 4) is 0 Å². The van der Waals surface area contributed by atoms with Crippen molar-refractivity contribution in [2.75, 3.05) is 0 Å². The molecule has 0 bridgehead atoms. The zero-order chi connectivity index (χ0) is 16.3. The first-order valence-electron chi connectivity index (χ1n) is 6.88. The van der Waals surface area contributed by atoms with Crippen molar-refractivity contribution in [1.82, 2.24) is 15.5 Å². The highest BCUT2D eigenvalue weighted by Crippen LogP contribution is 2.24. The monoisotopic (exact) mass is 303 g/mol. The summed E-state index contributed by atoms with van der Waals surface area (Å²) in [7, 11) is 0. The zero-order valence-corrected chi connectivity index (χ0v) is 12.6. The van der Waals surface area contributed by atoms with Crippen LogP contribution in [0.5, 0.6) is 0 Å². The van der Waals surface area contributed by atoms with E-state index in [-0.39, 0.29) is 17.4 Å². The number of hydrogen-bond donors (Lipinski definition) is 2. The highest BCUT2D eigenvalue weighted by atomic mass is 16.5. The number of carboxylic acid groups (broad SMARTS) is 1. The number of aromatic nitrogens is 2. The molecule has 0 aromatic carbocycles. The second-order valence-electron chi connectivity index (χ2n) is 4.89. The van der Waals surface area contributed by atoms with Crippen LogP contribution < -0.4 is 5.32 Å². The number of aryl methyl sites for hydroxylation is 2. The highest BCUT2D eigenvalue weighted by Gasteiger charge is 2.22. The lowest BCUT2D eigenvalue weighted by atomic mass is 10.0. The van der Waals surface area contributed by atoms with Crippen molar-refractivity contribution in [3.63, 3.8) is 0 Å². The fraction of sp³-hybridized carbons (Fsp3) is 0.333. The maximum absolute atomic E-state index is 12.3. The van der Waals surface area contributed by atoms with Gasteiger partial charge in [-0.2, -0.15) is 0 Å². The van der Waals surface area contributed by atoms with Gasteiger partial charge in [0.25, 0.3) is 5.91 Å². The molecule has 0 radical (unpaired) electrons. The average Bonchev–Trinajstić information content (AvgIpc) is 2.84. The molecule has 1 unspecified atom stereocenters. The van der Waals surface area contributed by atoms with E-state index >= 15 is 0 Å². The molecule has 7 heteroatoms. The van der Waals surface area contributed by atoms with Gasteiger partial charge in [-0.1, -0.05) is 18.1 Å². The van der Waals surface area contributed by atoms with Gasteiger partial charge in [0.15, 0.2) is 0 Å². The summed E-state index contributed by atoms with van der Waals surface area (Å²) in [5.74, 6) is -0.959. The van der Waals surface area contributed by atoms with Crippen LogP contribution in [0.4, 0.5) is 0 Å². The van der Waals surface area contributed by atoms with E-state index in [0.29, 0.717) is 12.2 Å². The first-order valence-corrected chi connectivity index (χ1v) is 6.88. The van der Waals surface area contributed by atoms with Gasteiger partial charge in [0.2, 0.25) is 0 Å². The van der Waals surface area contributed by atoms with Gasteiger partial charge in [-0.15, -0.1) is 0 Å². The van der Waals surface area contributed by atoms with Gasteiger partial charge in [-0.05, 0) is 32.4 Å². The third-order valence-electron chi connectivity index (χ3n) is 3.35. The number of amides is 1. The van der Waals surface area contributed by atoms with Gasteiger partial charge >= 0.3 is 5.97 Å². The number of nitrogens with zero attached hydrogens (tertiary/aromatic N) is 2. The summed E-state index contributed by atoms with van der Waals surface area (Å²) in [6.45, 7) is 5.52. The van der Waals surface area contributed by atoms with E-state index in [1.54, 1.807) is 6.92 Å². The Morgan fingerprint density at radius 3 is 2.55 bits per heavy atom. The topological polar surface area (TPSA) is 105 Å². The fourth-order valence-corrected chi connectivity index (χ4v) is 2.28. The van der Waals surface area contributed by atoms with E-state index in [1.165, 1.54) is 18.2 Å². The molecule has 0 aliphatic rings. The molecule has 2 heterocycles. The summed E-state index contributed by atoms with van der Waals surface area (Å²) in [6, 6.07) is 4.03. The lowest BCUT2D eigenvalue weighted by Crippen LogP contribution is -2.29. The molecule has 2 rings (SSSR count). The van der Waals surface area contributed by atoms with E-state index in [1.807, 2.05) is 13.8 Å². The van der Waals surface area contributed by atoms with Gasteiger partial charge in [-0.3, -0.25) is 4.79 Å². The molecule has 2 aromatic heterocycles. The van der Waals surface area contributed by atoms with Crippen molar-refractivity contribution < 1.29 is 19.2 Å². The number of carbonyl (C=O) groups is 2. The van der Waals surface area contributed by atoms with Crippen LogP contribution in [-0.4, -0.2) is 27.1 Å². The normalized spacial score (nSPS) is 12.0. The van der Waals surface area contributed by atoms with E-state index in [2.05, 4.69) is 15.5 Å². The number of rotatable bonds is 5. The average molecular weight is 303 g/mol. The number of hydrogen-bond acceptors (Lipinski definition) is 5. The summed E-state index contributed by atoms with van der Waals surface area (Å²) < 4.78 is 5.12. The summed E-state index contributed by atoms with van der Waals surface area (Å²) in [5.41, 5.74) is 1.45. The van der Waals surface area contributed by atoms with Crippen LogP contribution in [0.3, 0.4) is 0 Å². The first-order chi connectivity index (χ1) is 10.4. The number of carbonyl (C=O) groups excluding carboxylic acids is 1. The van der Waals surface area contributed by atoms with Crippen LogP contribution in [0.25, 0.3) is 0 Å². The summed E-state index contributed by atoms with van der Waals surface area (Å²) >= 11 is 0. The molecular weight excluding hydrogens is 286 g/mol. The molecule has 0 fully saturated rings. The van der Waals surface area contributed by atoms with Crippen molar-refractivity contribution in [1.29, 1.82) is 0 Å². The molecule has 1 amide bonds. The second kappa shape index (κ2) is 6.38. The zero-order valence-electron chi connectivity index (χ0n) is 12.6. The number of pyridine rings is 1. The molecular formula is C15H17N3O4. The van der Waals surface area contributed by atoms with E-state index in [4.69, 9.17) is 9.63 Å². The largest absolute Gasteiger partial charge is 0.477 e. The van der Waals surface area contributed by atoms with Crippen LogP contribution in [0.1, 0.15) is 57.4 Å². The van der Waals surface area contributed by atoms with Gasteiger partial charge < -0.3 is 14.9 Å². The SMILES string of the molecule is CCC(NC(=O)c1cccc(C(=O)O)n1)c1c(C)noc1C. The molecule has 0 saturated carbocycles. The van der Waals surface area contributed by atoms with Crippen molar-refractivity contribution >= 4 is 11.9 Å². The Bertz CT molecular complexity index is 689. The van der Waals surface area contributed by atoms with Crippen molar-refractivity contribution in [2.24, 2.45) is 0 Å². The fourth-order valence-electron chi connectivity index (χ4n) is 2.28. The van der Waals surface area contributed by atoms with Crippen molar-refractivity contribution in [2.45, 2.75) is 33.2 Å². The lowest BCUT2D eigenvalue weighted by molar-refractivity contribution is 0.0690. The Morgan fingerprint density at radius 2 is 2.00 bits per heavy atom. The van der Waals surface area contributed by atoms with Crippen LogP contribution >= 0.6 is 0 Å². The minimum Gasteiger partial charge on any atom is -0.477 e. The molecule has 22 heavy (non-hydrogen) atoms. The summed E-state index contributed by atoms with van der Waals surface area (Å²) in [6.07, 6.45) is 0.646. The van der Waals surface area contributed by atoms with Gasteiger partial charge in [0.05, 0.1) is 11.7 Å². The Kier molecular flexibility index (Phi) is 4.55. The van der Waals surface area contributed by atoms with Crippen LogP contribution in [0.2, 0.25) is 0 Å². The van der Waals surface area contributed by atoms with Crippen LogP contribution in [-0.2, 0) is 0 Å². The summed E-state index contributed by atoms with van der Waals surface area (Å²) in [4.78, 5) is 27.0. The minimum atomic E-state index is -1.17. The Hall–Kier alpha value is -2.70. The van der Waals surface area contributed by atoms with Gasteiger partial charge in [0.1, 0.15) is 17.1 Å². The third-order valence-corrected chi connectivity index (χ3v) is 3.35. The molecule has 0 aliphatic carbocycles. The third kappa shape index (κ3) is 3.13. The first kappa shape index (κ1) is 15.7.